The summed E-state index contributed by atoms with van der Waals surface area (Å²) in [6.07, 6.45) is 3.77. The minimum Gasteiger partial charge on any atom is -0.339 e. The number of para-hydroxylation sites is 1. The van der Waals surface area contributed by atoms with Gasteiger partial charge in [-0.05, 0) is 36.4 Å². The highest BCUT2D eigenvalue weighted by Gasteiger charge is 2.08. The van der Waals surface area contributed by atoms with E-state index in [9.17, 15) is 5.26 Å². The molecule has 0 saturated carbocycles. The predicted molar refractivity (Wildman–Crippen MR) is 92.9 cm³/mol. The summed E-state index contributed by atoms with van der Waals surface area (Å²) in [5, 5.41) is 12.4. The summed E-state index contributed by atoms with van der Waals surface area (Å²) in [5.74, 6) is 0.682. The average molecular weight is 311 g/mol. The Hall–Kier alpha value is -3.65. The normalized spacial score (nSPS) is 10.5. The summed E-state index contributed by atoms with van der Waals surface area (Å²) in [6, 6.07) is 21.2. The maximum Gasteiger partial charge on any atom is 0.137 e. The van der Waals surface area contributed by atoms with Crippen molar-refractivity contribution in [1.29, 1.82) is 5.26 Å². The zero-order chi connectivity index (χ0) is 16.4. The third-order valence-electron chi connectivity index (χ3n) is 3.74. The standard InChI is InChI=1S/C19H13N5/c20-12-14-6-1-2-7-15(14)22-18-9-5-8-16(23-18)17-13-21-19-10-3-4-11-24(17)19/h1-11,13H,(H,22,23). The predicted octanol–water partition coefficient (Wildman–Crippen LogP) is 4.01. The van der Waals surface area contributed by atoms with Gasteiger partial charge < -0.3 is 5.32 Å². The monoisotopic (exact) mass is 311 g/mol. The van der Waals surface area contributed by atoms with Crippen molar-refractivity contribution in [3.05, 3.63) is 78.6 Å². The van der Waals surface area contributed by atoms with E-state index < -0.39 is 0 Å². The minimum absolute atomic E-state index is 0.583. The molecule has 0 aliphatic rings. The molecule has 1 aromatic carbocycles. The average Bonchev–Trinajstić information content (AvgIpc) is 3.06. The van der Waals surface area contributed by atoms with Crippen LogP contribution in [0.3, 0.4) is 0 Å². The second-order valence-electron chi connectivity index (χ2n) is 5.26. The van der Waals surface area contributed by atoms with Crippen molar-refractivity contribution in [2.75, 3.05) is 5.32 Å². The highest BCUT2D eigenvalue weighted by Crippen LogP contribution is 2.23. The molecular weight excluding hydrogens is 298 g/mol. The van der Waals surface area contributed by atoms with Crippen molar-refractivity contribution in [3.8, 4) is 17.5 Å². The number of nitrogens with one attached hydrogen (secondary N) is 1. The van der Waals surface area contributed by atoms with Gasteiger partial charge in [0.05, 0.1) is 28.8 Å². The lowest BCUT2D eigenvalue weighted by molar-refractivity contribution is 1.17. The Bertz CT molecular complexity index is 1060. The van der Waals surface area contributed by atoms with Gasteiger partial charge in [0.15, 0.2) is 0 Å². The molecule has 5 heteroatoms. The van der Waals surface area contributed by atoms with E-state index in [1.807, 2.05) is 71.4 Å². The minimum atomic E-state index is 0.583. The Morgan fingerprint density at radius 1 is 0.958 bits per heavy atom. The van der Waals surface area contributed by atoms with Gasteiger partial charge >= 0.3 is 0 Å². The third-order valence-corrected chi connectivity index (χ3v) is 3.74. The first-order valence-electron chi connectivity index (χ1n) is 7.51. The lowest BCUT2D eigenvalue weighted by atomic mass is 10.2. The van der Waals surface area contributed by atoms with Gasteiger partial charge in [0.25, 0.3) is 0 Å². The number of nitrogens with zero attached hydrogens (tertiary/aromatic N) is 4. The number of imidazole rings is 1. The van der Waals surface area contributed by atoms with Crippen molar-refractivity contribution in [2.24, 2.45) is 0 Å². The van der Waals surface area contributed by atoms with Gasteiger partial charge in [-0.15, -0.1) is 0 Å². The highest BCUT2D eigenvalue weighted by atomic mass is 15.0. The molecule has 5 nitrogen and oxygen atoms in total. The number of hydrogen-bond acceptors (Lipinski definition) is 4. The molecule has 0 amide bonds. The number of rotatable bonds is 3. The van der Waals surface area contributed by atoms with Crippen molar-refractivity contribution < 1.29 is 0 Å². The fraction of sp³-hybridized carbons (Fsp3) is 0. The molecule has 0 fully saturated rings. The molecule has 0 aliphatic heterocycles. The van der Waals surface area contributed by atoms with E-state index in [0.29, 0.717) is 11.4 Å². The highest BCUT2D eigenvalue weighted by molar-refractivity contribution is 5.67. The summed E-state index contributed by atoms with van der Waals surface area (Å²) in [5.41, 5.74) is 3.93. The molecule has 0 aliphatic carbocycles. The summed E-state index contributed by atoms with van der Waals surface area (Å²) in [4.78, 5) is 9.05. The van der Waals surface area contributed by atoms with E-state index in [4.69, 9.17) is 0 Å². The molecule has 4 aromatic rings. The molecule has 114 valence electrons. The van der Waals surface area contributed by atoms with Crippen molar-refractivity contribution in [1.82, 2.24) is 14.4 Å². The summed E-state index contributed by atoms with van der Waals surface area (Å²) in [7, 11) is 0. The largest absolute Gasteiger partial charge is 0.339 e. The SMILES string of the molecule is N#Cc1ccccc1Nc1cccc(-c2cnc3ccccn23)n1. The maximum atomic E-state index is 9.20. The smallest absolute Gasteiger partial charge is 0.137 e. The van der Waals surface area contributed by atoms with Gasteiger partial charge in [0, 0.05) is 6.20 Å². The number of fused-ring (bicyclic) bond motifs is 1. The van der Waals surface area contributed by atoms with Crippen LogP contribution in [0.4, 0.5) is 11.5 Å². The summed E-state index contributed by atoms with van der Waals surface area (Å²) >= 11 is 0. The number of pyridine rings is 2. The van der Waals surface area contributed by atoms with E-state index in [0.717, 1.165) is 22.7 Å². The first-order valence-corrected chi connectivity index (χ1v) is 7.51. The van der Waals surface area contributed by atoms with Crippen LogP contribution in [-0.2, 0) is 0 Å². The molecule has 24 heavy (non-hydrogen) atoms. The third kappa shape index (κ3) is 2.46. The molecule has 0 radical (unpaired) electrons. The number of benzene rings is 1. The second-order valence-corrected chi connectivity index (χ2v) is 5.26. The Kier molecular flexibility index (Phi) is 3.41. The van der Waals surface area contributed by atoms with Crippen LogP contribution in [0.2, 0.25) is 0 Å². The van der Waals surface area contributed by atoms with Gasteiger partial charge in [0.1, 0.15) is 17.5 Å². The van der Waals surface area contributed by atoms with Gasteiger partial charge in [0.2, 0.25) is 0 Å². The topological polar surface area (TPSA) is 66.0 Å². The molecule has 3 heterocycles. The number of nitriles is 1. The van der Waals surface area contributed by atoms with Gasteiger partial charge in [-0.2, -0.15) is 5.26 Å². The van der Waals surface area contributed by atoms with E-state index in [1.54, 1.807) is 6.07 Å². The Balaban J connectivity index is 1.73. The number of hydrogen-bond donors (Lipinski definition) is 1. The molecule has 0 bridgehead atoms. The second kappa shape index (κ2) is 5.86. The van der Waals surface area contributed by atoms with Crippen LogP contribution in [0.5, 0.6) is 0 Å². The van der Waals surface area contributed by atoms with Crippen molar-refractivity contribution >= 4 is 17.2 Å². The number of aromatic nitrogens is 3. The molecule has 4 rings (SSSR count). The molecule has 0 saturated heterocycles. The summed E-state index contributed by atoms with van der Waals surface area (Å²) < 4.78 is 2.00. The Morgan fingerprint density at radius 3 is 2.75 bits per heavy atom. The van der Waals surface area contributed by atoms with Gasteiger partial charge in [-0.25, -0.2) is 9.97 Å². The fourth-order valence-corrected chi connectivity index (χ4v) is 2.60. The Morgan fingerprint density at radius 2 is 1.83 bits per heavy atom. The van der Waals surface area contributed by atoms with Crippen LogP contribution in [0.25, 0.3) is 17.0 Å². The molecule has 1 N–H and O–H groups in total. The van der Waals surface area contributed by atoms with Crippen molar-refractivity contribution in [3.63, 3.8) is 0 Å². The van der Waals surface area contributed by atoms with Crippen LogP contribution in [-0.4, -0.2) is 14.4 Å². The van der Waals surface area contributed by atoms with E-state index in [2.05, 4.69) is 21.4 Å². The molecule has 0 atom stereocenters. The molecule has 0 unspecified atom stereocenters. The Labute approximate surface area is 138 Å². The van der Waals surface area contributed by atoms with Crippen LogP contribution in [0.15, 0.2) is 73.1 Å². The van der Waals surface area contributed by atoms with Crippen LogP contribution in [0, 0.1) is 11.3 Å². The number of anilines is 2. The summed E-state index contributed by atoms with van der Waals surface area (Å²) in [6.45, 7) is 0. The van der Waals surface area contributed by atoms with Gasteiger partial charge in [-0.1, -0.05) is 24.3 Å². The van der Waals surface area contributed by atoms with Gasteiger partial charge in [-0.3, -0.25) is 4.40 Å². The zero-order valence-electron chi connectivity index (χ0n) is 12.7. The maximum absolute atomic E-state index is 9.20. The van der Waals surface area contributed by atoms with Crippen LogP contribution in [0.1, 0.15) is 5.56 Å². The fourth-order valence-electron chi connectivity index (χ4n) is 2.60. The van der Waals surface area contributed by atoms with E-state index >= 15 is 0 Å². The molecule has 3 aromatic heterocycles. The lowest BCUT2D eigenvalue weighted by Crippen LogP contribution is -1.97. The van der Waals surface area contributed by atoms with E-state index in [1.165, 1.54) is 0 Å². The van der Waals surface area contributed by atoms with E-state index in [-0.39, 0.29) is 0 Å². The molecular formula is C19H13N5. The van der Waals surface area contributed by atoms with Crippen molar-refractivity contribution in [2.45, 2.75) is 0 Å². The zero-order valence-corrected chi connectivity index (χ0v) is 12.7. The lowest BCUT2D eigenvalue weighted by Gasteiger charge is -2.08. The molecule has 0 spiro atoms. The van der Waals surface area contributed by atoms with Crippen LogP contribution < -0.4 is 5.32 Å². The first-order chi connectivity index (χ1) is 11.8. The quantitative estimate of drug-likeness (QED) is 0.621. The van der Waals surface area contributed by atoms with Crippen LogP contribution >= 0.6 is 0 Å². The first kappa shape index (κ1) is 14.0.